The highest BCUT2D eigenvalue weighted by Gasteiger charge is 2.22. The van der Waals surface area contributed by atoms with Gasteiger partial charge in [-0.1, -0.05) is 27.7 Å². The zero-order valence-electron chi connectivity index (χ0n) is 13.5. The summed E-state index contributed by atoms with van der Waals surface area (Å²) in [7, 11) is -3.48. The second kappa shape index (κ2) is 8.51. The van der Waals surface area contributed by atoms with Crippen molar-refractivity contribution in [3.05, 3.63) is 12.4 Å². The Balaban J connectivity index is 2.65. The van der Waals surface area contributed by atoms with Crippen LogP contribution in [0.5, 0.6) is 0 Å². The molecule has 7 heteroatoms. The van der Waals surface area contributed by atoms with E-state index in [1.807, 2.05) is 20.8 Å². The normalized spacial score (nSPS) is 13.8. The number of rotatable bonds is 10. The van der Waals surface area contributed by atoms with Gasteiger partial charge in [0.25, 0.3) is 0 Å². The molecule has 0 fully saturated rings. The summed E-state index contributed by atoms with van der Waals surface area (Å²) in [6, 6.07) is -0.0513. The van der Waals surface area contributed by atoms with Gasteiger partial charge in [0.1, 0.15) is 4.90 Å². The Bertz CT molecular complexity index is 511. The molecule has 0 saturated heterocycles. The molecule has 122 valence electrons. The summed E-state index contributed by atoms with van der Waals surface area (Å²) in [5.74, 6) is 0.262. The van der Waals surface area contributed by atoms with Crippen molar-refractivity contribution >= 4 is 10.0 Å². The topological polar surface area (TPSA) is 76.0 Å². The molecule has 0 aliphatic carbocycles. The van der Waals surface area contributed by atoms with Gasteiger partial charge in [-0.05, 0) is 25.3 Å². The van der Waals surface area contributed by atoms with Crippen molar-refractivity contribution in [2.24, 2.45) is 5.92 Å². The van der Waals surface area contributed by atoms with Crippen molar-refractivity contribution in [1.82, 2.24) is 19.8 Å². The van der Waals surface area contributed by atoms with Gasteiger partial charge in [-0.2, -0.15) is 5.10 Å². The van der Waals surface area contributed by atoms with Crippen LogP contribution in [0.15, 0.2) is 17.3 Å². The van der Waals surface area contributed by atoms with Crippen molar-refractivity contribution in [2.45, 2.75) is 58.0 Å². The number of hydrogen-bond donors (Lipinski definition) is 2. The standard InChI is InChI=1S/C14H28N4O2S/c1-5-7-15-8-9-18-11-13(10-16-18)21(19,20)17-14(6-2)12(3)4/h10-12,14-15,17H,5-9H2,1-4H3. The maximum Gasteiger partial charge on any atom is 0.243 e. The Morgan fingerprint density at radius 3 is 2.57 bits per heavy atom. The predicted octanol–water partition coefficient (Wildman–Crippen LogP) is 1.60. The maximum absolute atomic E-state index is 12.3. The van der Waals surface area contributed by atoms with Crippen LogP contribution in [0.25, 0.3) is 0 Å². The van der Waals surface area contributed by atoms with E-state index in [-0.39, 0.29) is 16.9 Å². The molecule has 1 unspecified atom stereocenters. The molecule has 1 rings (SSSR count). The third kappa shape index (κ3) is 5.76. The minimum atomic E-state index is -3.48. The second-order valence-corrected chi connectivity index (χ2v) is 7.28. The van der Waals surface area contributed by atoms with Gasteiger partial charge < -0.3 is 5.32 Å². The summed E-state index contributed by atoms with van der Waals surface area (Å²) in [6.45, 7) is 10.5. The van der Waals surface area contributed by atoms with E-state index in [0.29, 0.717) is 6.54 Å². The molecule has 0 aromatic carbocycles. The van der Waals surface area contributed by atoms with Gasteiger partial charge in [0.15, 0.2) is 0 Å². The lowest BCUT2D eigenvalue weighted by Gasteiger charge is -2.19. The first-order valence-electron chi connectivity index (χ1n) is 7.66. The second-order valence-electron chi connectivity index (χ2n) is 5.57. The SMILES string of the molecule is CCCNCCn1cc(S(=O)(=O)NC(CC)C(C)C)cn1. The summed E-state index contributed by atoms with van der Waals surface area (Å²) in [5, 5.41) is 7.38. The summed E-state index contributed by atoms with van der Waals surface area (Å²) < 4.78 is 29.0. The van der Waals surface area contributed by atoms with Gasteiger partial charge >= 0.3 is 0 Å². The van der Waals surface area contributed by atoms with Crippen molar-refractivity contribution in [3.8, 4) is 0 Å². The predicted molar refractivity (Wildman–Crippen MR) is 84.6 cm³/mol. The average Bonchev–Trinajstić information content (AvgIpc) is 2.90. The van der Waals surface area contributed by atoms with Crippen molar-refractivity contribution in [1.29, 1.82) is 0 Å². The van der Waals surface area contributed by atoms with Crippen LogP contribution in [0, 0.1) is 5.92 Å². The molecule has 1 aromatic heterocycles. The fraction of sp³-hybridized carbons (Fsp3) is 0.786. The van der Waals surface area contributed by atoms with E-state index < -0.39 is 10.0 Å². The van der Waals surface area contributed by atoms with Gasteiger partial charge in [-0.3, -0.25) is 4.68 Å². The Morgan fingerprint density at radius 2 is 2.00 bits per heavy atom. The van der Waals surface area contributed by atoms with E-state index in [9.17, 15) is 8.42 Å². The molecule has 0 aliphatic rings. The molecule has 0 amide bonds. The van der Waals surface area contributed by atoms with Crippen LogP contribution in [0.3, 0.4) is 0 Å². The highest BCUT2D eigenvalue weighted by Crippen LogP contribution is 2.12. The Labute approximate surface area is 128 Å². The van der Waals surface area contributed by atoms with E-state index >= 15 is 0 Å². The van der Waals surface area contributed by atoms with E-state index in [2.05, 4.69) is 22.1 Å². The molecule has 0 spiro atoms. The number of aromatic nitrogens is 2. The van der Waals surface area contributed by atoms with E-state index in [0.717, 1.165) is 25.9 Å². The van der Waals surface area contributed by atoms with Crippen LogP contribution in [-0.2, 0) is 16.6 Å². The highest BCUT2D eigenvalue weighted by atomic mass is 32.2. The van der Waals surface area contributed by atoms with Gasteiger partial charge in [-0.25, -0.2) is 13.1 Å². The zero-order valence-corrected chi connectivity index (χ0v) is 14.3. The lowest BCUT2D eigenvalue weighted by Crippen LogP contribution is -2.37. The quantitative estimate of drug-likeness (QED) is 0.643. The van der Waals surface area contributed by atoms with E-state index in [4.69, 9.17) is 0 Å². The van der Waals surface area contributed by atoms with Crippen molar-refractivity contribution in [3.63, 3.8) is 0 Å². The van der Waals surface area contributed by atoms with E-state index in [1.54, 1.807) is 10.9 Å². The molecular formula is C14H28N4O2S. The third-order valence-electron chi connectivity index (χ3n) is 3.42. The van der Waals surface area contributed by atoms with Gasteiger partial charge in [0, 0.05) is 18.8 Å². The van der Waals surface area contributed by atoms with Crippen LogP contribution in [-0.4, -0.2) is 37.3 Å². The minimum Gasteiger partial charge on any atom is -0.315 e. The van der Waals surface area contributed by atoms with Crippen LogP contribution in [0.1, 0.15) is 40.5 Å². The molecule has 0 aliphatic heterocycles. The van der Waals surface area contributed by atoms with Crippen LogP contribution >= 0.6 is 0 Å². The molecule has 1 aromatic rings. The molecule has 21 heavy (non-hydrogen) atoms. The first-order valence-corrected chi connectivity index (χ1v) is 9.14. The van der Waals surface area contributed by atoms with Crippen molar-refractivity contribution < 1.29 is 8.42 Å². The minimum absolute atomic E-state index is 0.0513. The van der Waals surface area contributed by atoms with Gasteiger partial charge in [0.2, 0.25) is 10.0 Å². The fourth-order valence-electron chi connectivity index (χ4n) is 2.06. The molecule has 0 radical (unpaired) electrons. The summed E-state index contributed by atoms with van der Waals surface area (Å²) in [4.78, 5) is 0.233. The summed E-state index contributed by atoms with van der Waals surface area (Å²) >= 11 is 0. The van der Waals surface area contributed by atoms with Crippen molar-refractivity contribution in [2.75, 3.05) is 13.1 Å². The monoisotopic (exact) mass is 316 g/mol. The van der Waals surface area contributed by atoms with E-state index in [1.165, 1.54) is 6.20 Å². The maximum atomic E-state index is 12.3. The Morgan fingerprint density at radius 1 is 1.29 bits per heavy atom. The fourth-order valence-corrected chi connectivity index (χ4v) is 3.48. The zero-order chi connectivity index (χ0) is 15.9. The molecule has 6 nitrogen and oxygen atoms in total. The average molecular weight is 316 g/mol. The molecular weight excluding hydrogens is 288 g/mol. The summed E-state index contributed by atoms with van der Waals surface area (Å²) in [6.07, 6.45) is 4.85. The lowest BCUT2D eigenvalue weighted by molar-refractivity contribution is 0.437. The largest absolute Gasteiger partial charge is 0.315 e. The Hall–Kier alpha value is -0.920. The molecule has 2 N–H and O–H groups in total. The Kier molecular flexibility index (Phi) is 7.34. The highest BCUT2D eigenvalue weighted by molar-refractivity contribution is 7.89. The smallest absolute Gasteiger partial charge is 0.243 e. The van der Waals surface area contributed by atoms with Gasteiger partial charge in [-0.15, -0.1) is 0 Å². The third-order valence-corrected chi connectivity index (χ3v) is 4.86. The lowest BCUT2D eigenvalue weighted by atomic mass is 10.0. The number of nitrogens with one attached hydrogen (secondary N) is 2. The first-order chi connectivity index (χ1) is 9.90. The van der Waals surface area contributed by atoms with Crippen LogP contribution < -0.4 is 10.0 Å². The summed E-state index contributed by atoms with van der Waals surface area (Å²) in [5.41, 5.74) is 0. The first kappa shape index (κ1) is 18.1. The number of sulfonamides is 1. The number of hydrogen-bond acceptors (Lipinski definition) is 4. The molecule has 0 bridgehead atoms. The molecule has 1 heterocycles. The van der Waals surface area contributed by atoms with Gasteiger partial charge in [0.05, 0.1) is 12.7 Å². The number of nitrogens with zero attached hydrogens (tertiary/aromatic N) is 2. The molecule has 0 saturated carbocycles. The van der Waals surface area contributed by atoms with Crippen LogP contribution in [0.2, 0.25) is 0 Å². The van der Waals surface area contributed by atoms with Crippen LogP contribution in [0.4, 0.5) is 0 Å². The molecule has 1 atom stereocenters.